The molecule has 2 heterocycles. The van der Waals surface area contributed by atoms with Gasteiger partial charge in [-0.2, -0.15) is 5.10 Å². The van der Waals surface area contributed by atoms with Crippen LogP contribution in [0.5, 0.6) is 0 Å². The number of hydrogen-bond acceptors (Lipinski definition) is 5. The topological polar surface area (TPSA) is 79.0 Å². The fraction of sp³-hybridized carbons (Fsp3) is 0.294. The maximum atomic E-state index is 12.5. The molecule has 0 aliphatic rings. The van der Waals surface area contributed by atoms with E-state index in [0.717, 1.165) is 16.8 Å². The van der Waals surface area contributed by atoms with Crippen molar-refractivity contribution >= 4 is 17.0 Å². The molecule has 0 aliphatic carbocycles. The van der Waals surface area contributed by atoms with E-state index in [9.17, 15) is 9.59 Å². The van der Waals surface area contributed by atoms with Crippen molar-refractivity contribution in [2.45, 2.75) is 27.3 Å². The first kappa shape index (κ1) is 15.9. The van der Waals surface area contributed by atoms with Gasteiger partial charge in [0.05, 0.1) is 18.5 Å². The Morgan fingerprint density at radius 1 is 1.29 bits per heavy atom. The Morgan fingerprint density at radius 3 is 2.79 bits per heavy atom. The summed E-state index contributed by atoms with van der Waals surface area (Å²) in [5.41, 5.74) is 3.21. The van der Waals surface area contributed by atoms with Crippen molar-refractivity contribution in [3.05, 3.63) is 52.2 Å². The zero-order valence-corrected chi connectivity index (χ0v) is 13.8. The van der Waals surface area contributed by atoms with Crippen LogP contribution in [-0.2, 0) is 16.1 Å². The smallest absolute Gasteiger partial charge is 0.326 e. The summed E-state index contributed by atoms with van der Waals surface area (Å²) in [7, 11) is 0. The van der Waals surface area contributed by atoms with Crippen molar-refractivity contribution in [3.63, 3.8) is 0 Å². The van der Waals surface area contributed by atoms with Crippen molar-refractivity contribution < 1.29 is 9.53 Å². The van der Waals surface area contributed by atoms with Gasteiger partial charge >= 0.3 is 5.97 Å². The van der Waals surface area contributed by atoms with Crippen LogP contribution >= 0.6 is 0 Å². The van der Waals surface area contributed by atoms with Crippen LogP contribution in [0.1, 0.15) is 18.1 Å². The Balaban J connectivity index is 2.07. The van der Waals surface area contributed by atoms with E-state index < -0.39 is 5.97 Å². The number of nitrogens with zero attached hydrogens (tertiary/aromatic N) is 4. The second-order valence-corrected chi connectivity index (χ2v) is 5.57. The Kier molecular flexibility index (Phi) is 4.16. The van der Waals surface area contributed by atoms with Gasteiger partial charge in [0.2, 0.25) is 0 Å². The minimum Gasteiger partial charge on any atom is -0.465 e. The van der Waals surface area contributed by atoms with Crippen molar-refractivity contribution in [2.24, 2.45) is 0 Å². The number of carbonyl (C=O) groups excluding carboxylic acids is 1. The summed E-state index contributed by atoms with van der Waals surface area (Å²) < 4.78 is 7.74. The highest BCUT2D eigenvalue weighted by Crippen LogP contribution is 2.18. The van der Waals surface area contributed by atoms with Gasteiger partial charge in [0.15, 0.2) is 5.65 Å². The van der Waals surface area contributed by atoms with E-state index in [4.69, 9.17) is 4.74 Å². The normalized spacial score (nSPS) is 11.0. The minimum atomic E-state index is -0.470. The molecule has 7 nitrogen and oxygen atoms in total. The van der Waals surface area contributed by atoms with Gasteiger partial charge < -0.3 is 4.74 Å². The number of carbonyl (C=O) groups is 1. The SMILES string of the molecule is CCOC(=O)Cn1cnc2c(cnn2-c2ccc(C)cc2C)c1=O. The highest BCUT2D eigenvalue weighted by Gasteiger charge is 2.14. The highest BCUT2D eigenvalue weighted by molar-refractivity contribution is 5.76. The highest BCUT2D eigenvalue weighted by atomic mass is 16.5. The zero-order chi connectivity index (χ0) is 17.3. The molecular weight excluding hydrogens is 308 g/mol. The van der Waals surface area contributed by atoms with E-state index in [1.807, 2.05) is 32.0 Å². The van der Waals surface area contributed by atoms with Gasteiger partial charge in [-0.1, -0.05) is 17.7 Å². The van der Waals surface area contributed by atoms with E-state index in [0.29, 0.717) is 11.0 Å². The first-order chi connectivity index (χ1) is 11.5. The lowest BCUT2D eigenvalue weighted by atomic mass is 10.1. The average Bonchev–Trinajstić information content (AvgIpc) is 2.95. The summed E-state index contributed by atoms with van der Waals surface area (Å²) in [6.45, 7) is 5.83. The second kappa shape index (κ2) is 6.27. The van der Waals surface area contributed by atoms with E-state index in [1.54, 1.807) is 11.6 Å². The first-order valence-electron chi connectivity index (χ1n) is 7.67. The molecule has 1 aromatic carbocycles. The quantitative estimate of drug-likeness (QED) is 0.683. The van der Waals surface area contributed by atoms with Crippen LogP contribution in [-0.4, -0.2) is 31.9 Å². The Morgan fingerprint density at radius 2 is 2.08 bits per heavy atom. The molecule has 0 radical (unpaired) electrons. The molecule has 0 fully saturated rings. The van der Waals surface area contributed by atoms with E-state index >= 15 is 0 Å². The third-order valence-electron chi connectivity index (χ3n) is 3.74. The molecule has 0 saturated carbocycles. The molecule has 0 amide bonds. The van der Waals surface area contributed by atoms with Crippen molar-refractivity contribution in [2.75, 3.05) is 6.61 Å². The van der Waals surface area contributed by atoms with Crippen LogP contribution < -0.4 is 5.56 Å². The Labute approximate surface area is 138 Å². The molecule has 24 heavy (non-hydrogen) atoms. The molecular formula is C17H18N4O3. The third kappa shape index (κ3) is 2.80. The minimum absolute atomic E-state index is 0.162. The number of aryl methyl sites for hydroxylation is 2. The van der Waals surface area contributed by atoms with Gasteiger partial charge in [-0.15, -0.1) is 0 Å². The molecule has 2 aromatic heterocycles. The van der Waals surface area contributed by atoms with Gasteiger partial charge in [0.1, 0.15) is 18.3 Å². The predicted octanol–water partition coefficient (Wildman–Crippen LogP) is 1.76. The van der Waals surface area contributed by atoms with Crippen molar-refractivity contribution in [1.29, 1.82) is 0 Å². The molecule has 0 N–H and O–H groups in total. The average molecular weight is 326 g/mol. The lowest BCUT2D eigenvalue weighted by Gasteiger charge is -2.08. The molecule has 124 valence electrons. The number of hydrogen-bond donors (Lipinski definition) is 0. The summed E-state index contributed by atoms with van der Waals surface area (Å²) >= 11 is 0. The largest absolute Gasteiger partial charge is 0.465 e. The molecule has 0 aliphatic heterocycles. The summed E-state index contributed by atoms with van der Waals surface area (Å²) in [4.78, 5) is 28.4. The van der Waals surface area contributed by atoms with Crippen molar-refractivity contribution in [1.82, 2.24) is 19.3 Å². The van der Waals surface area contributed by atoms with Crippen LogP contribution in [0.15, 0.2) is 35.5 Å². The van der Waals surface area contributed by atoms with Crippen LogP contribution in [0.3, 0.4) is 0 Å². The number of benzene rings is 1. The maximum absolute atomic E-state index is 12.5. The summed E-state index contributed by atoms with van der Waals surface area (Å²) in [5.74, 6) is -0.470. The van der Waals surface area contributed by atoms with Crippen LogP contribution in [0, 0.1) is 13.8 Å². The third-order valence-corrected chi connectivity index (χ3v) is 3.74. The van der Waals surface area contributed by atoms with Gasteiger partial charge in [-0.3, -0.25) is 14.2 Å². The lowest BCUT2D eigenvalue weighted by Crippen LogP contribution is -2.25. The first-order valence-corrected chi connectivity index (χ1v) is 7.67. The van der Waals surface area contributed by atoms with E-state index in [-0.39, 0.29) is 18.7 Å². The van der Waals surface area contributed by atoms with Gasteiger partial charge in [0, 0.05) is 0 Å². The Bertz CT molecular complexity index is 972. The van der Waals surface area contributed by atoms with Crippen LogP contribution in [0.2, 0.25) is 0 Å². The maximum Gasteiger partial charge on any atom is 0.326 e. The predicted molar refractivity (Wildman–Crippen MR) is 89.2 cm³/mol. The monoisotopic (exact) mass is 326 g/mol. The molecule has 7 heteroatoms. The summed E-state index contributed by atoms with van der Waals surface area (Å²) in [6.07, 6.45) is 2.83. The van der Waals surface area contributed by atoms with Crippen LogP contribution in [0.25, 0.3) is 16.7 Å². The number of fused-ring (bicyclic) bond motifs is 1. The van der Waals surface area contributed by atoms with Crippen molar-refractivity contribution in [3.8, 4) is 5.69 Å². The van der Waals surface area contributed by atoms with Gasteiger partial charge in [0.25, 0.3) is 5.56 Å². The van der Waals surface area contributed by atoms with E-state index in [1.165, 1.54) is 17.1 Å². The Hall–Kier alpha value is -2.96. The van der Waals surface area contributed by atoms with E-state index in [2.05, 4.69) is 10.1 Å². The van der Waals surface area contributed by atoms with Gasteiger partial charge in [-0.25, -0.2) is 9.67 Å². The number of rotatable bonds is 4. The molecule has 3 aromatic rings. The molecule has 0 atom stereocenters. The molecule has 0 spiro atoms. The molecule has 0 saturated heterocycles. The molecule has 3 rings (SSSR count). The summed E-state index contributed by atoms with van der Waals surface area (Å²) in [5, 5.41) is 4.66. The fourth-order valence-electron chi connectivity index (χ4n) is 2.63. The lowest BCUT2D eigenvalue weighted by molar-refractivity contribution is -0.143. The number of ether oxygens (including phenoxy) is 1. The second-order valence-electron chi connectivity index (χ2n) is 5.57. The van der Waals surface area contributed by atoms with Gasteiger partial charge in [-0.05, 0) is 32.4 Å². The molecule has 0 bridgehead atoms. The standard InChI is InChI=1S/C17H18N4O3/c1-4-24-15(22)9-20-10-18-16-13(17(20)23)8-19-21(16)14-6-5-11(2)7-12(14)3/h5-8,10H,4,9H2,1-3H3. The zero-order valence-electron chi connectivity index (χ0n) is 13.8. The van der Waals surface area contributed by atoms with Crippen LogP contribution in [0.4, 0.5) is 0 Å². The number of aromatic nitrogens is 4. The fourth-order valence-corrected chi connectivity index (χ4v) is 2.63. The number of esters is 1. The molecule has 0 unspecified atom stereocenters. The summed E-state index contributed by atoms with van der Waals surface area (Å²) in [6, 6.07) is 5.98.